The Morgan fingerprint density at radius 3 is 2.54 bits per heavy atom. The average Bonchev–Trinajstić information content (AvgIpc) is 2.86. The number of aromatic amines is 1. The van der Waals surface area contributed by atoms with Crippen molar-refractivity contribution in [1.29, 1.82) is 0 Å². The number of sulfonamides is 1. The maximum atomic E-state index is 12.7. The number of nitrogens with one attached hydrogen (secondary N) is 1. The standard InChI is InChI=1S/C16H20N4O3S/c1-13-15(18-12-17-13)16(21)19-8-5-9-20(11-10-19)24(22,23)14-6-3-2-4-7-14/h2-4,6-7,12H,5,8-11H2,1H3,(H,17,18). The predicted molar refractivity (Wildman–Crippen MR) is 89.0 cm³/mol. The molecule has 2 heterocycles. The van der Waals surface area contributed by atoms with Crippen LogP contribution in [0.15, 0.2) is 41.6 Å². The minimum atomic E-state index is -3.52. The first-order valence-electron chi connectivity index (χ1n) is 7.84. The summed E-state index contributed by atoms with van der Waals surface area (Å²) in [4.78, 5) is 21.4. The molecule has 0 aliphatic carbocycles. The van der Waals surface area contributed by atoms with Gasteiger partial charge in [0.25, 0.3) is 5.91 Å². The zero-order valence-corrected chi connectivity index (χ0v) is 14.3. The molecule has 128 valence electrons. The number of rotatable bonds is 3. The number of imidazole rings is 1. The second-order valence-electron chi connectivity index (χ2n) is 5.74. The summed E-state index contributed by atoms with van der Waals surface area (Å²) in [5, 5.41) is 0. The Labute approximate surface area is 141 Å². The molecule has 2 aromatic rings. The van der Waals surface area contributed by atoms with E-state index in [0.29, 0.717) is 31.7 Å². The highest BCUT2D eigenvalue weighted by Gasteiger charge is 2.29. The van der Waals surface area contributed by atoms with Crippen molar-refractivity contribution in [3.05, 3.63) is 48.0 Å². The lowest BCUT2D eigenvalue weighted by atomic mass is 10.3. The van der Waals surface area contributed by atoms with Crippen LogP contribution >= 0.6 is 0 Å². The fraction of sp³-hybridized carbons (Fsp3) is 0.375. The number of carbonyl (C=O) groups excluding carboxylic acids is 1. The minimum Gasteiger partial charge on any atom is -0.348 e. The first-order valence-corrected chi connectivity index (χ1v) is 9.28. The molecule has 0 spiro atoms. The molecule has 1 saturated heterocycles. The maximum absolute atomic E-state index is 12.7. The van der Waals surface area contributed by atoms with Gasteiger partial charge in [-0.25, -0.2) is 13.4 Å². The monoisotopic (exact) mass is 348 g/mol. The lowest BCUT2D eigenvalue weighted by Crippen LogP contribution is -2.37. The zero-order valence-electron chi connectivity index (χ0n) is 13.5. The van der Waals surface area contributed by atoms with Gasteiger partial charge in [0.1, 0.15) is 5.69 Å². The SMILES string of the molecule is Cc1[nH]cnc1C(=O)N1CCCN(S(=O)(=O)c2ccccc2)CC1. The van der Waals surface area contributed by atoms with Gasteiger partial charge in [-0.1, -0.05) is 18.2 Å². The van der Waals surface area contributed by atoms with E-state index >= 15 is 0 Å². The second-order valence-corrected chi connectivity index (χ2v) is 7.68. The summed E-state index contributed by atoms with van der Waals surface area (Å²) < 4.78 is 26.9. The van der Waals surface area contributed by atoms with E-state index in [4.69, 9.17) is 0 Å². The van der Waals surface area contributed by atoms with Gasteiger partial charge in [-0.15, -0.1) is 0 Å². The van der Waals surface area contributed by atoms with Gasteiger partial charge in [0.05, 0.1) is 11.2 Å². The second kappa shape index (κ2) is 6.74. The highest BCUT2D eigenvalue weighted by molar-refractivity contribution is 7.89. The Kier molecular flexibility index (Phi) is 4.68. The summed E-state index contributed by atoms with van der Waals surface area (Å²) in [5.74, 6) is -0.160. The van der Waals surface area contributed by atoms with Gasteiger partial charge in [0.2, 0.25) is 10.0 Å². The van der Waals surface area contributed by atoms with Crippen molar-refractivity contribution in [2.24, 2.45) is 0 Å². The van der Waals surface area contributed by atoms with Crippen LogP contribution < -0.4 is 0 Å². The van der Waals surface area contributed by atoms with Crippen LogP contribution in [-0.2, 0) is 10.0 Å². The third-order valence-corrected chi connectivity index (χ3v) is 6.07. The number of aryl methyl sites for hydroxylation is 1. The van der Waals surface area contributed by atoms with E-state index in [2.05, 4.69) is 9.97 Å². The Morgan fingerprint density at radius 2 is 1.88 bits per heavy atom. The van der Waals surface area contributed by atoms with Crippen molar-refractivity contribution in [3.8, 4) is 0 Å². The third-order valence-electron chi connectivity index (χ3n) is 4.16. The van der Waals surface area contributed by atoms with Crippen LogP contribution in [0.25, 0.3) is 0 Å². The largest absolute Gasteiger partial charge is 0.348 e. The smallest absolute Gasteiger partial charge is 0.274 e. The van der Waals surface area contributed by atoms with E-state index in [1.54, 1.807) is 42.2 Å². The number of H-pyrrole nitrogens is 1. The van der Waals surface area contributed by atoms with Crippen molar-refractivity contribution in [3.63, 3.8) is 0 Å². The molecular weight excluding hydrogens is 328 g/mol. The summed E-state index contributed by atoms with van der Waals surface area (Å²) >= 11 is 0. The van der Waals surface area contributed by atoms with Crippen molar-refractivity contribution in [2.75, 3.05) is 26.2 Å². The van der Waals surface area contributed by atoms with Crippen LogP contribution in [0.4, 0.5) is 0 Å². The molecule has 3 rings (SSSR count). The van der Waals surface area contributed by atoms with Gasteiger partial charge in [-0.2, -0.15) is 4.31 Å². The molecule has 0 saturated carbocycles. The van der Waals surface area contributed by atoms with Crippen molar-refractivity contribution >= 4 is 15.9 Å². The fourth-order valence-electron chi connectivity index (χ4n) is 2.80. The van der Waals surface area contributed by atoms with Crippen LogP contribution in [0.5, 0.6) is 0 Å². The number of hydrogen-bond acceptors (Lipinski definition) is 4. The molecule has 1 amide bonds. The number of amides is 1. The lowest BCUT2D eigenvalue weighted by Gasteiger charge is -2.21. The van der Waals surface area contributed by atoms with Gasteiger partial charge < -0.3 is 9.88 Å². The quantitative estimate of drug-likeness (QED) is 0.905. The Balaban J connectivity index is 1.74. The number of benzene rings is 1. The molecule has 8 heteroatoms. The first-order chi connectivity index (χ1) is 11.5. The molecule has 0 radical (unpaired) electrons. The number of hydrogen-bond donors (Lipinski definition) is 1. The predicted octanol–water partition coefficient (Wildman–Crippen LogP) is 1.25. The molecule has 1 aliphatic rings. The summed E-state index contributed by atoms with van der Waals surface area (Å²) in [6, 6.07) is 8.39. The number of nitrogens with zero attached hydrogens (tertiary/aromatic N) is 3. The molecule has 1 aromatic heterocycles. The van der Waals surface area contributed by atoms with Crippen molar-refractivity contribution in [1.82, 2.24) is 19.2 Å². The van der Waals surface area contributed by atoms with Gasteiger partial charge in [-0.3, -0.25) is 4.79 Å². The van der Waals surface area contributed by atoms with Crippen LogP contribution in [0.2, 0.25) is 0 Å². The molecule has 1 fully saturated rings. The highest BCUT2D eigenvalue weighted by atomic mass is 32.2. The Morgan fingerprint density at radius 1 is 1.12 bits per heavy atom. The van der Waals surface area contributed by atoms with E-state index in [1.807, 2.05) is 0 Å². The fourth-order valence-corrected chi connectivity index (χ4v) is 4.29. The van der Waals surface area contributed by atoms with Gasteiger partial charge in [0.15, 0.2) is 0 Å². The van der Waals surface area contributed by atoms with Crippen molar-refractivity contribution in [2.45, 2.75) is 18.2 Å². The zero-order chi connectivity index (χ0) is 17.2. The van der Waals surface area contributed by atoms with E-state index in [9.17, 15) is 13.2 Å². The first kappa shape index (κ1) is 16.7. The molecule has 1 N–H and O–H groups in total. The lowest BCUT2D eigenvalue weighted by molar-refractivity contribution is 0.0758. The average molecular weight is 348 g/mol. The molecular formula is C16H20N4O3S. The number of aromatic nitrogens is 2. The topological polar surface area (TPSA) is 86.4 Å². The molecule has 0 unspecified atom stereocenters. The van der Waals surface area contributed by atoms with Crippen LogP contribution in [0.3, 0.4) is 0 Å². The number of carbonyl (C=O) groups is 1. The maximum Gasteiger partial charge on any atom is 0.274 e. The Bertz CT molecular complexity index is 817. The Hall–Kier alpha value is -2.19. The van der Waals surface area contributed by atoms with Gasteiger partial charge >= 0.3 is 0 Å². The molecule has 24 heavy (non-hydrogen) atoms. The summed E-state index contributed by atoms with van der Waals surface area (Å²) in [7, 11) is -3.52. The molecule has 7 nitrogen and oxygen atoms in total. The summed E-state index contributed by atoms with van der Waals surface area (Å²) in [6.07, 6.45) is 2.09. The van der Waals surface area contributed by atoms with E-state index in [0.717, 1.165) is 5.69 Å². The molecule has 1 aromatic carbocycles. The van der Waals surface area contributed by atoms with Gasteiger partial charge in [0, 0.05) is 31.9 Å². The molecule has 0 bridgehead atoms. The van der Waals surface area contributed by atoms with E-state index in [-0.39, 0.29) is 17.3 Å². The highest BCUT2D eigenvalue weighted by Crippen LogP contribution is 2.18. The van der Waals surface area contributed by atoms with Crippen LogP contribution in [-0.4, -0.2) is 59.7 Å². The normalized spacial score (nSPS) is 16.8. The minimum absolute atomic E-state index is 0.160. The summed E-state index contributed by atoms with van der Waals surface area (Å²) in [6.45, 7) is 3.36. The van der Waals surface area contributed by atoms with Crippen molar-refractivity contribution < 1.29 is 13.2 Å². The van der Waals surface area contributed by atoms with E-state index in [1.165, 1.54) is 10.6 Å². The van der Waals surface area contributed by atoms with Crippen LogP contribution in [0, 0.1) is 6.92 Å². The molecule has 0 atom stereocenters. The van der Waals surface area contributed by atoms with E-state index < -0.39 is 10.0 Å². The van der Waals surface area contributed by atoms with Gasteiger partial charge in [-0.05, 0) is 25.5 Å². The summed E-state index contributed by atoms with van der Waals surface area (Å²) in [5.41, 5.74) is 1.12. The van der Waals surface area contributed by atoms with Crippen LogP contribution in [0.1, 0.15) is 22.6 Å². The third kappa shape index (κ3) is 3.20. The molecule has 1 aliphatic heterocycles.